The molecule has 0 aliphatic heterocycles. The molecular weight excluding hydrogens is 464 g/mol. The number of hydrogen-bond acceptors (Lipinski definition) is 8. The van der Waals surface area contributed by atoms with Gasteiger partial charge in [0.2, 0.25) is 0 Å². The fourth-order valence-electron chi connectivity index (χ4n) is 3.29. The summed E-state index contributed by atoms with van der Waals surface area (Å²) in [6.07, 6.45) is 10.0. The van der Waals surface area contributed by atoms with Crippen molar-refractivity contribution in [2.45, 2.75) is 25.7 Å². The summed E-state index contributed by atoms with van der Waals surface area (Å²) in [5, 5.41) is 0. The van der Waals surface area contributed by atoms with Crippen LogP contribution in [-0.2, 0) is 22.4 Å². The lowest BCUT2D eigenvalue weighted by atomic mass is 10.2. The van der Waals surface area contributed by atoms with Gasteiger partial charge in [0, 0.05) is 24.5 Å². The van der Waals surface area contributed by atoms with E-state index in [0.29, 0.717) is 24.7 Å². The van der Waals surface area contributed by atoms with Gasteiger partial charge in [-0.15, -0.1) is 0 Å². The number of aryl methyl sites for hydroxylation is 2. The lowest BCUT2D eigenvalue weighted by Crippen LogP contribution is -2.25. The van der Waals surface area contributed by atoms with Crippen molar-refractivity contribution in [1.82, 2.24) is 19.9 Å². The van der Waals surface area contributed by atoms with Gasteiger partial charge in [-0.05, 0) is 49.9 Å². The quantitative estimate of drug-likeness (QED) is 0.133. The molecule has 36 heavy (non-hydrogen) atoms. The largest absolute Gasteiger partial charge is 0.493 e. The summed E-state index contributed by atoms with van der Waals surface area (Å²) in [6.45, 7) is 0.932. The Morgan fingerprint density at radius 3 is 1.53 bits per heavy atom. The minimum Gasteiger partial charge on any atom is -0.493 e. The molecule has 2 aromatic heterocycles. The molecule has 0 aliphatic carbocycles. The van der Waals surface area contributed by atoms with Crippen molar-refractivity contribution in [3.63, 3.8) is 0 Å². The molecule has 0 spiro atoms. The van der Waals surface area contributed by atoms with E-state index in [2.05, 4.69) is 19.9 Å². The zero-order valence-corrected chi connectivity index (χ0v) is 19.5. The average Bonchev–Trinajstić information content (AvgIpc) is 3.60. The highest BCUT2D eigenvalue weighted by Crippen LogP contribution is 2.22. The monoisotopic (exact) mass is 490 g/mol. The molecule has 0 saturated heterocycles. The van der Waals surface area contributed by atoms with Crippen LogP contribution in [0.25, 0.3) is 0 Å². The molecule has 2 heterocycles. The molecule has 4 aromatic rings. The third-order valence-corrected chi connectivity index (χ3v) is 5.00. The smallest absolute Gasteiger partial charge is 0.423 e. The van der Waals surface area contributed by atoms with Crippen molar-refractivity contribution >= 4 is 11.9 Å². The van der Waals surface area contributed by atoms with Crippen LogP contribution in [0.5, 0.6) is 23.0 Å². The first-order valence-corrected chi connectivity index (χ1v) is 11.5. The number of aromatic amines is 2. The summed E-state index contributed by atoms with van der Waals surface area (Å²) < 4.78 is 21.7. The van der Waals surface area contributed by atoms with Crippen LogP contribution in [0, 0.1) is 0 Å². The van der Waals surface area contributed by atoms with Crippen LogP contribution in [-0.4, -0.2) is 45.1 Å². The third-order valence-electron chi connectivity index (χ3n) is 5.00. The summed E-state index contributed by atoms with van der Waals surface area (Å²) in [5.74, 6) is -0.890. The minimum absolute atomic E-state index is 0.177. The molecule has 0 unspecified atom stereocenters. The van der Waals surface area contributed by atoms with Crippen LogP contribution in [0.1, 0.15) is 24.2 Å². The molecule has 0 atom stereocenters. The van der Waals surface area contributed by atoms with E-state index in [4.69, 9.17) is 18.9 Å². The Bertz CT molecular complexity index is 1140. The number of rotatable bonds is 12. The molecule has 0 radical (unpaired) electrons. The maximum absolute atomic E-state index is 12.2. The molecule has 0 amide bonds. The van der Waals surface area contributed by atoms with E-state index in [1.54, 1.807) is 49.1 Å². The molecule has 0 bridgehead atoms. The van der Waals surface area contributed by atoms with Gasteiger partial charge in [-0.1, -0.05) is 12.1 Å². The van der Waals surface area contributed by atoms with Gasteiger partial charge < -0.3 is 28.9 Å². The Morgan fingerprint density at radius 1 is 0.667 bits per heavy atom. The Balaban J connectivity index is 1.20. The van der Waals surface area contributed by atoms with Crippen LogP contribution >= 0.6 is 0 Å². The number of ether oxygens (including phenoxy) is 4. The average molecular weight is 491 g/mol. The highest BCUT2D eigenvalue weighted by atomic mass is 16.6. The molecule has 10 heteroatoms. The van der Waals surface area contributed by atoms with E-state index in [9.17, 15) is 9.59 Å². The lowest BCUT2D eigenvalue weighted by molar-refractivity contribution is -0.156. The molecule has 2 N–H and O–H groups in total. The van der Waals surface area contributed by atoms with E-state index in [-0.39, 0.29) is 11.5 Å². The first kappa shape index (κ1) is 24.5. The van der Waals surface area contributed by atoms with Crippen molar-refractivity contribution in [3.05, 3.63) is 85.0 Å². The van der Waals surface area contributed by atoms with Gasteiger partial charge in [0.05, 0.1) is 37.3 Å². The van der Waals surface area contributed by atoms with E-state index < -0.39 is 11.9 Å². The van der Waals surface area contributed by atoms with Crippen LogP contribution in [0.3, 0.4) is 0 Å². The summed E-state index contributed by atoms with van der Waals surface area (Å²) >= 11 is 0. The fraction of sp³-hybridized carbons (Fsp3) is 0.231. The highest BCUT2D eigenvalue weighted by molar-refractivity contribution is 6.31. The van der Waals surface area contributed by atoms with Crippen LogP contribution in [0.15, 0.2) is 73.6 Å². The van der Waals surface area contributed by atoms with E-state index in [1.165, 1.54) is 12.1 Å². The van der Waals surface area contributed by atoms with Crippen molar-refractivity contribution in [2.75, 3.05) is 13.2 Å². The number of carbonyl (C=O) groups is 2. The standard InChI is InChI=1S/C26H26N4O6/c31-25(35-23-9-1-7-21(13-23)33-11-3-5-19-15-27-17-29-19)26(32)36-24-10-2-8-22(14-24)34-12-4-6-20-16-28-18-30-20/h1-2,7-10,13-18H,3-6,11-12H2,(H,27,29)(H,28,30). The number of nitrogens with zero attached hydrogens (tertiary/aromatic N) is 2. The van der Waals surface area contributed by atoms with Gasteiger partial charge in [0.25, 0.3) is 0 Å². The summed E-state index contributed by atoms with van der Waals surface area (Å²) in [4.78, 5) is 38.6. The first-order valence-electron chi connectivity index (χ1n) is 11.5. The lowest BCUT2D eigenvalue weighted by Gasteiger charge is -2.09. The molecule has 186 valence electrons. The minimum atomic E-state index is -1.14. The molecule has 10 nitrogen and oxygen atoms in total. The van der Waals surface area contributed by atoms with Gasteiger partial charge in [-0.2, -0.15) is 0 Å². The zero-order valence-electron chi connectivity index (χ0n) is 19.5. The number of hydrogen-bond donors (Lipinski definition) is 2. The van der Waals surface area contributed by atoms with Gasteiger partial charge >= 0.3 is 11.9 Å². The maximum Gasteiger partial charge on any atom is 0.423 e. The normalized spacial score (nSPS) is 10.6. The number of H-pyrrole nitrogens is 2. The number of carbonyl (C=O) groups excluding carboxylic acids is 2. The van der Waals surface area contributed by atoms with Gasteiger partial charge in [-0.25, -0.2) is 19.6 Å². The fourth-order valence-corrected chi connectivity index (χ4v) is 3.29. The van der Waals surface area contributed by atoms with Crippen molar-refractivity contribution in [2.24, 2.45) is 0 Å². The Kier molecular flexibility index (Phi) is 8.68. The van der Waals surface area contributed by atoms with E-state index in [0.717, 1.165) is 37.1 Å². The van der Waals surface area contributed by atoms with Crippen molar-refractivity contribution in [1.29, 1.82) is 0 Å². The Labute approximate surface area is 207 Å². The SMILES string of the molecule is O=C(Oc1cccc(OCCCc2c[nH]cn2)c1)C(=O)Oc1cccc(OCCCc2c[nH]cn2)c1. The van der Waals surface area contributed by atoms with Crippen LogP contribution in [0.2, 0.25) is 0 Å². The maximum atomic E-state index is 12.2. The second-order valence-electron chi connectivity index (χ2n) is 7.75. The zero-order chi connectivity index (χ0) is 25.0. The second kappa shape index (κ2) is 12.7. The Morgan fingerprint density at radius 2 is 1.11 bits per heavy atom. The Hall–Kier alpha value is -4.60. The molecule has 0 fully saturated rings. The number of nitrogens with one attached hydrogen (secondary N) is 2. The van der Waals surface area contributed by atoms with Crippen LogP contribution in [0.4, 0.5) is 0 Å². The van der Waals surface area contributed by atoms with Crippen molar-refractivity contribution < 1.29 is 28.5 Å². The van der Waals surface area contributed by atoms with Gasteiger partial charge in [-0.3, -0.25) is 0 Å². The predicted molar refractivity (Wildman–Crippen MR) is 129 cm³/mol. The van der Waals surface area contributed by atoms with E-state index in [1.807, 2.05) is 12.4 Å². The molecule has 4 rings (SSSR count). The number of imidazole rings is 2. The first-order chi connectivity index (χ1) is 17.7. The van der Waals surface area contributed by atoms with Gasteiger partial charge in [0.15, 0.2) is 0 Å². The van der Waals surface area contributed by atoms with Gasteiger partial charge in [0.1, 0.15) is 23.0 Å². The topological polar surface area (TPSA) is 128 Å². The predicted octanol–water partition coefficient (Wildman–Crippen LogP) is 3.67. The van der Waals surface area contributed by atoms with E-state index >= 15 is 0 Å². The molecule has 0 saturated carbocycles. The van der Waals surface area contributed by atoms with Crippen LogP contribution < -0.4 is 18.9 Å². The highest BCUT2D eigenvalue weighted by Gasteiger charge is 2.20. The number of benzene rings is 2. The van der Waals surface area contributed by atoms with Crippen molar-refractivity contribution in [3.8, 4) is 23.0 Å². The summed E-state index contributed by atoms with van der Waals surface area (Å²) in [5.41, 5.74) is 1.92. The number of aromatic nitrogens is 4. The number of esters is 2. The molecular formula is C26H26N4O6. The molecule has 0 aliphatic rings. The molecule has 2 aromatic carbocycles. The summed E-state index contributed by atoms with van der Waals surface area (Å²) in [7, 11) is 0. The second-order valence-corrected chi connectivity index (χ2v) is 7.75. The summed E-state index contributed by atoms with van der Waals surface area (Å²) in [6, 6.07) is 13.0. The third kappa shape index (κ3) is 7.73.